The van der Waals surface area contributed by atoms with Crippen molar-refractivity contribution in [2.75, 3.05) is 0 Å². The smallest absolute Gasteiger partial charge is 0.196 e. The van der Waals surface area contributed by atoms with Crippen LogP contribution in [0.15, 0.2) is 46.9 Å². The van der Waals surface area contributed by atoms with Gasteiger partial charge in [-0.05, 0) is 53.7 Å². The number of aliphatic hydroxyl groups excluding tert-OH is 2. The molecule has 5 rings (SSSR count). The van der Waals surface area contributed by atoms with E-state index in [9.17, 15) is 19.8 Å². The summed E-state index contributed by atoms with van der Waals surface area (Å²) >= 11 is 0. The Hall–Kier alpha value is -2.66. The van der Waals surface area contributed by atoms with Crippen LogP contribution in [0.25, 0.3) is 5.57 Å². The fourth-order valence-electron chi connectivity index (χ4n) is 5.76. The molecule has 138 valence electrons. The van der Waals surface area contributed by atoms with E-state index in [1.165, 1.54) is 16.7 Å². The first kappa shape index (κ1) is 16.5. The molecule has 4 aliphatic rings. The van der Waals surface area contributed by atoms with Crippen LogP contribution >= 0.6 is 0 Å². The Morgan fingerprint density at radius 2 is 1.96 bits per heavy atom. The van der Waals surface area contributed by atoms with E-state index < -0.39 is 34.9 Å². The highest BCUT2D eigenvalue weighted by molar-refractivity contribution is 6.27. The van der Waals surface area contributed by atoms with Gasteiger partial charge in [-0.25, -0.2) is 0 Å². The predicted molar refractivity (Wildman–Crippen MR) is 99.5 cm³/mol. The van der Waals surface area contributed by atoms with Crippen molar-refractivity contribution in [2.45, 2.75) is 32.8 Å². The highest BCUT2D eigenvalue weighted by atomic mass is 16.3. The molecule has 0 radical (unpaired) electrons. The molecule has 2 saturated carbocycles. The van der Waals surface area contributed by atoms with E-state index in [2.05, 4.69) is 19.1 Å². The summed E-state index contributed by atoms with van der Waals surface area (Å²) in [6.45, 7) is 4.11. The van der Waals surface area contributed by atoms with Crippen molar-refractivity contribution < 1.29 is 19.8 Å². The molecule has 0 heterocycles. The molecule has 27 heavy (non-hydrogen) atoms. The fraction of sp³-hybridized carbons (Fsp3) is 0.364. The number of hydrogen-bond donors (Lipinski definition) is 3. The van der Waals surface area contributed by atoms with E-state index in [0.29, 0.717) is 6.42 Å². The number of hydrogen-bond acceptors (Lipinski definition) is 5. The summed E-state index contributed by atoms with van der Waals surface area (Å²) < 4.78 is 0. The molecule has 1 spiro atoms. The van der Waals surface area contributed by atoms with Gasteiger partial charge in [0.05, 0.1) is 11.5 Å². The zero-order valence-corrected chi connectivity index (χ0v) is 15.2. The highest BCUT2D eigenvalue weighted by Gasteiger charge is 2.68. The van der Waals surface area contributed by atoms with Gasteiger partial charge in [0, 0.05) is 18.3 Å². The predicted octanol–water partition coefficient (Wildman–Crippen LogP) is 2.13. The quantitative estimate of drug-likeness (QED) is 0.372. The minimum atomic E-state index is -0.983. The maximum absolute atomic E-state index is 13.1. The number of carbonyl (C=O) groups is 2. The molecule has 1 aromatic rings. The maximum atomic E-state index is 13.1. The van der Waals surface area contributed by atoms with Gasteiger partial charge in [0.2, 0.25) is 0 Å². The number of allylic oxidation sites excluding steroid dienone is 4. The summed E-state index contributed by atoms with van der Waals surface area (Å²) in [6.07, 6.45) is 1.80. The van der Waals surface area contributed by atoms with Gasteiger partial charge in [0.25, 0.3) is 0 Å². The van der Waals surface area contributed by atoms with E-state index in [-0.39, 0.29) is 17.9 Å². The average Bonchev–Trinajstić information content (AvgIpc) is 3.33. The minimum absolute atomic E-state index is 0.0208. The second kappa shape index (κ2) is 4.98. The molecule has 0 aromatic heterocycles. The first-order valence-corrected chi connectivity index (χ1v) is 9.27. The Morgan fingerprint density at radius 1 is 1.22 bits per heavy atom. The van der Waals surface area contributed by atoms with Crippen LogP contribution in [0.5, 0.6) is 0 Å². The molecule has 0 aliphatic heterocycles. The Kier molecular flexibility index (Phi) is 3.05. The second-order valence-electron chi connectivity index (χ2n) is 8.20. The molecule has 0 amide bonds. The molecule has 1 aromatic carbocycles. The summed E-state index contributed by atoms with van der Waals surface area (Å²) in [5.41, 5.74) is 10.7. The lowest BCUT2D eigenvalue weighted by Crippen LogP contribution is -2.52. The van der Waals surface area contributed by atoms with Crippen molar-refractivity contribution in [2.24, 2.45) is 23.0 Å². The zero-order chi connectivity index (χ0) is 19.2. The topological polar surface area (TPSA) is 101 Å². The molecule has 4 aliphatic carbocycles. The van der Waals surface area contributed by atoms with Crippen molar-refractivity contribution in [3.63, 3.8) is 0 Å². The molecule has 1 unspecified atom stereocenters. The third-order valence-electron chi connectivity index (χ3n) is 6.93. The average molecular weight is 363 g/mol. The van der Waals surface area contributed by atoms with Gasteiger partial charge in [-0.2, -0.15) is 0 Å². The molecule has 2 fully saturated rings. The molecule has 4 N–H and O–H groups in total. The number of aliphatic hydroxyl groups is 2. The number of carbonyl (C=O) groups excluding carboxylic acids is 2. The summed E-state index contributed by atoms with van der Waals surface area (Å²) in [5, 5.41) is 20.9. The van der Waals surface area contributed by atoms with Crippen molar-refractivity contribution in [3.05, 3.63) is 63.6 Å². The lowest BCUT2D eigenvalue weighted by atomic mass is 9.57. The normalized spacial score (nSPS) is 35.7. The van der Waals surface area contributed by atoms with Gasteiger partial charge in [0.1, 0.15) is 5.57 Å². The monoisotopic (exact) mass is 363 g/mol. The zero-order valence-electron chi connectivity index (χ0n) is 15.2. The summed E-state index contributed by atoms with van der Waals surface area (Å²) in [5.74, 6) is -2.27. The first-order chi connectivity index (χ1) is 12.8. The van der Waals surface area contributed by atoms with E-state index in [1.807, 2.05) is 19.1 Å². The van der Waals surface area contributed by atoms with Crippen molar-refractivity contribution in [3.8, 4) is 0 Å². The van der Waals surface area contributed by atoms with Gasteiger partial charge < -0.3 is 15.9 Å². The number of nitrogens with two attached hydrogens (primary N) is 1. The standard InChI is InChI=1S/C22H21NO4/c1-9-4-3-5-11-6-12-17(10(2)16(9)11)14-8-22(14)13(19(12)25)7-15(24)18(20(22)26)21(23)27/h3-5,8,12-13,19,25,27H,6-7,23H2,1-2H3/b21-18-/t12?,13-,19+,22-/m1/s1. The number of benzene rings is 1. The van der Waals surface area contributed by atoms with Crippen LogP contribution < -0.4 is 5.73 Å². The SMILES string of the molecule is CC1=C2C3=C[C@]34C(=O)/C(=C(/N)O)C(=O)C[C@@H]4[C@@H](O)C2Cc2cccc(C)c21. The largest absolute Gasteiger partial charge is 0.494 e. The van der Waals surface area contributed by atoms with Crippen LogP contribution in [0.2, 0.25) is 0 Å². The van der Waals surface area contributed by atoms with Crippen LogP contribution in [0.3, 0.4) is 0 Å². The fourth-order valence-corrected chi connectivity index (χ4v) is 5.76. The van der Waals surface area contributed by atoms with Crippen LogP contribution in [-0.4, -0.2) is 27.9 Å². The lowest BCUT2D eigenvalue weighted by Gasteiger charge is -2.46. The number of ketones is 2. The summed E-state index contributed by atoms with van der Waals surface area (Å²) in [7, 11) is 0. The Labute approximate surface area is 156 Å². The molecule has 5 heteroatoms. The van der Waals surface area contributed by atoms with E-state index >= 15 is 0 Å². The van der Waals surface area contributed by atoms with Gasteiger partial charge in [-0.3, -0.25) is 9.59 Å². The third kappa shape index (κ3) is 1.82. The molecular weight excluding hydrogens is 342 g/mol. The van der Waals surface area contributed by atoms with Crippen LogP contribution in [-0.2, 0) is 16.0 Å². The van der Waals surface area contributed by atoms with Gasteiger partial charge >= 0.3 is 0 Å². The molecule has 0 saturated heterocycles. The Balaban J connectivity index is 1.70. The van der Waals surface area contributed by atoms with E-state index in [0.717, 1.165) is 16.7 Å². The number of Topliss-reactive ketones (excluding diaryl/α,β-unsaturated/α-hetero) is 2. The number of rotatable bonds is 0. The highest BCUT2D eigenvalue weighted by Crippen LogP contribution is 2.67. The Bertz CT molecular complexity index is 1040. The molecular formula is C22H21NO4. The van der Waals surface area contributed by atoms with Crippen LogP contribution in [0.4, 0.5) is 0 Å². The summed E-state index contributed by atoms with van der Waals surface area (Å²) in [4.78, 5) is 25.5. The first-order valence-electron chi connectivity index (χ1n) is 9.27. The summed E-state index contributed by atoms with van der Waals surface area (Å²) in [6, 6.07) is 6.18. The number of fused-ring (bicyclic) bond motifs is 3. The van der Waals surface area contributed by atoms with E-state index in [4.69, 9.17) is 5.73 Å². The van der Waals surface area contributed by atoms with Gasteiger partial charge in [-0.1, -0.05) is 24.3 Å². The molecule has 0 bridgehead atoms. The van der Waals surface area contributed by atoms with Crippen LogP contribution in [0.1, 0.15) is 30.0 Å². The van der Waals surface area contributed by atoms with Crippen molar-refractivity contribution in [1.82, 2.24) is 0 Å². The van der Waals surface area contributed by atoms with Crippen molar-refractivity contribution in [1.29, 1.82) is 0 Å². The number of aryl methyl sites for hydroxylation is 1. The molecule has 4 atom stereocenters. The minimum Gasteiger partial charge on any atom is -0.494 e. The van der Waals surface area contributed by atoms with E-state index in [1.54, 1.807) is 0 Å². The third-order valence-corrected chi connectivity index (χ3v) is 6.93. The van der Waals surface area contributed by atoms with Gasteiger partial charge in [-0.15, -0.1) is 0 Å². The molecule has 5 nitrogen and oxygen atoms in total. The van der Waals surface area contributed by atoms with Gasteiger partial charge in [0.15, 0.2) is 17.4 Å². The lowest BCUT2D eigenvalue weighted by molar-refractivity contribution is -0.134. The van der Waals surface area contributed by atoms with Crippen LogP contribution in [0, 0.1) is 24.2 Å². The second-order valence-corrected chi connectivity index (χ2v) is 8.20. The Morgan fingerprint density at radius 3 is 2.67 bits per heavy atom. The van der Waals surface area contributed by atoms with Crippen molar-refractivity contribution >= 4 is 17.1 Å². The maximum Gasteiger partial charge on any atom is 0.196 e.